The van der Waals surface area contributed by atoms with Crippen molar-refractivity contribution >= 4 is 5.91 Å². The number of carbonyl (C=O) groups excluding carboxylic acids is 1. The van der Waals surface area contributed by atoms with E-state index in [1.165, 1.54) is 6.08 Å². The summed E-state index contributed by atoms with van der Waals surface area (Å²) in [6, 6.07) is 0. The van der Waals surface area contributed by atoms with Crippen molar-refractivity contribution < 1.29 is 4.79 Å². The number of hydrogen-bond acceptors (Lipinski definition) is 1. The second-order valence-electron chi connectivity index (χ2n) is 1.59. The first-order chi connectivity index (χ1) is 4.22. The minimum absolute atomic E-state index is 0.426. The summed E-state index contributed by atoms with van der Waals surface area (Å²) in [6.07, 6.45) is 3.56. The molecule has 0 spiro atoms. The van der Waals surface area contributed by atoms with Gasteiger partial charge in [-0.15, -0.1) is 13.2 Å². The Bertz CT molecular complexity index is 129. The SMILES string of the molecule is C=CC[C](C=C)C(N)=O. The Balaban J connectivity index is 3.81. The Morgan fingerprint density at radius 3 is 2.22 bits per heavy atom. The van der Waals surface area contributed by atoms with E-state index in [-0.39, 0.29) is 0 Å². The highest BCUT2D eigenvalue weighted by molar-refractivity contribution is 5.91. The number of hydrogen-bond donors (Lipinski definition) is 1. The third-order valence-electron chi connectivity index (χ3n) is 0.927. The summed E-state index contributed by atoms with van der Waals surface area (Å²) in [5.41, 5.74) is 4.94. The van der Waals surface area contributed by atoms with Gasteiger partial charge in [-0.2, -0.15) is 0 Å². The van der Waals surface area contributed by atoms with E-state index < -0.39 is 5.91 Å². The van der Waals surface area contributed by atoms with Crippen LogP contribution in [-0.2, 0) is 4.79 Å². The van der Waals surface area contributed by atoms with Gasteiger partial charge in [0.2, 0.25) is 5.91 Å². The topological polar surface area (TPSA) is 43.1 Å². The number of carbonyl (C=O) groups is 1. The number of rotatable bonds is 4. The molecule has 0 unspecified atom stereocenters. The van der Waals surface area contributed by atoms with Crippen LogP contribution in [0.25, 0.3) is 0 Å². The van der Waals surface area contributed by atoms with Gasteiger partial charge in [0.05, 0.1) is 5.92 Å². The summed E-state index contributed by atoms with van der Waals surface area (Å²) >= 11 is 0. The molecule has 0 saturated carbocycles. The lowest BCUT2D eigenvalue weighted by Gasteiger charge is -2.00. The molecule has 0 aromatic heterocycles. The molecule has 0 aromatic rings. The number of primary amides is 1. The van der Waals surface area contributed by atoms with Gasteiger partial charge in [-0.05, 0) is 6.42 Å². The van der Waals surface area contributed by atoms with E-state index in [2.05, 4.69) is 13.2 Å². The molecule has 0 fully saturated rings. The van der Waals surface area contributed by atoms with E-state index in [9.17, 15) is 4.79 Å². The van der Waals surface area contributed by atoms with Crippen LogP contribution >= 0.6 is 0 Å². The normalized spacial score (nSPS) is 9.00. The van der Waals surface area contributed by atoms with Crippen LogP contribution in [-0.4, -0.2) is 5.91 Å². The first-order valence-electron chi connectivity index (χ1n) is 2.61. The Morgan fingerprint density at radius 1 is 1.56 bits per heavy atom. The molecule has 2 N–H and O–H groups in total. The fourth-order valence-corrected chi connectivity index (χ4v) is 0.440. The molecule has 0 aliphatic carbocycles. The van der Waals surface area contributed by atoms with Gasteiger partial charge in [-0.25, -0.2) is 0 Å². The molecule has 49 valence electrons. The maximum atomic E-state index is 10.4. The third kappa shape index (κ3) is 2.69. The van der Waals surface area contributed by atoms with Crippen LogP contribution in [0.2, 0.25) is 0 Å². The molecule has 1 radical (unpaired) electrons. The Labute approximate surface area is 55.1 Å². The summed E-state index contributed by atoms with van der Waals surface area (Å²) in [6.45, 7) is 6.87. The molecule has 0 aromatic carbocycles. The van der Waals surface area contributed by atoms with Crippen molar-refractivity contribution in [3.8, 4) is 0 Å². The van der Waals surface area contributed by atoms with E-state index in [1.807, 2.05) is 0 Å². The predicted molar refractivity (Wildman–Crippen MR) is 37.4 cm³/mol. The zero-order chi connectivity index (χ0) is 7.28. The van der Waals surface area contributed by atoms with Crippen LogP contribution in [0.1, 0.15) is 6.42 Å². The first-order valence-corrected chi connectivity index (χ1v) is 2.61. The molecule has 9 heavy (non-hydrogen) atoms. The summed E-state index contributed by atoms with van der Waals surface area (Å²) < 4.78 is 0. The van der Waals surface area contributed by atoms with Crippen LogP contribution in [0.4, 0.5) is 0 Å². The fraction of sp³-hybridized carbons (Fsp3) is 0.143. The minimum atomic E-state index is -0.426. The van der Waals surface area contributed by atoms with E-state index in [1.54, 1.807) is 6.08 Å². The van der Waals surface area contributed by atoms with Crippen LogP contribution < -0.4 is 5.73 Å². The van der Waals surface area contributed by atoms with Gasteiger partial charge in [-0.3, -0.25) is 4.79 Å². The van der Waals surface area contributed by atoms with Gasteiger partial charge in [0.1, 0.15) is 0 Å². The van der Waals surface area contributed by atoms with E-state index in [0.29, 0.717) is 12.3 Å². The highest BCUT2D eigenvalue weighted by atomic mass is 16.1. The largest absolute Gasteiger partial charge is 0.369 e. The Morgan fingerprint density at radius 2 is 2.11 bits per heavy atom. The smallest absolute Gasteiger partial charge is 0.229 e. The standard InChI is InChI=1S/C7H10NO/c1-3-5-6(4-2)7(8)9/h3-4H,1-2,5H2,(H2,8,9). The van der Waals surface area contributed by atoms with Gasteiger partial charge in [0, 0.05) is 0 Å². The minimum Gasteiger partial charge on any atom is -0.369 e. The first kappa shape index (κ1) is 7.95. The van der Waals surface area contributed by atoms with Crippen molar-refractivity contribution in [1.82, 2.24) is 0 Å². The lowest BCUT2D eigenvalue weighted by Crippen LogP contribution is -2.18. The van der Waals surface area contributed by atoms with E-state index in [4.69, 9.17) is 5.73 Å². The quantitative estimate of drug-likeness (QED) is 0.553. The van der Waals surface area contributed by atoms with Gasteiger partial charge in [-0.1, -0.05) is 12.2 Å². The molecule has 0 rings (SSSR count). The highest BCUT2D eigenvalue weighted by Crippen LogP contribution is 2.05. The third-order valence-corrected chi connectivity index (χ3v) is 0.927. The molecule has 0 bridgehead atoms. The van der Waals surface area contributed by atoms with Crippen molar-refractivity contribution in [3.05, 3.63) is 31.2 Å². The number of allylic oxidation sites excluding steroid dienone is 1. The van der Waals surface area contributed by atoms with Gasteiger partial charge in [0.25, 0.3) is 0 Å². The average molecular weight is 124 g/mol. The second-order valence-corrected chi connectivity index (χ2v) is 1.59. The van der Waals surface area contributed by atoms with Gasteiger partial charge < -0.3 is 5.73 Å². The van der Waals surface area contributed by atoms with Crippen molar-refractivity contribution in [2.45, 2.75) is 6.42 Å². The molecular weight excluding hydrogens is 114 g/mol. The van der Waals surface area contributed by atoms with Crippen molar-refractivity contribution in [3.63, 3.8) is 0 Å². The molecule has 2 heteroatoms. The number of amides is 1. The van der Waals surface area contributed by atoms with Gasteiger partial charge >= 0.3 is 0 Å². The van der Waals surface area contributed by atoms with E-state index in [0.717, 1.165) is 0 Å². The Kier molecular flexibility index (Phi) is 3.44. The number of nitrogens with two attached hydrogens (primary N) is 1. The van der Waals surface area contributed by atoms with Crippen molar-refractivity contribution in [1.29, 1.82) is 0 Å². The van der Waals surface area contributed by atoms with Crippen LogP contribution in [0.3, 0.4) is 0 Å². The summed E-state index contributed by atoms with van der Waals surface area (Å²) in [5, 5.41) is 0. The second kappa shape index (κ2) is 3.89. The lowest BCUT2D eigenvalue weighted by molar-refractivity contribution is -0.115. The summed E-state index contributed by atoms with van der Waals surface area (Å²) in [4.78, 5) is 10.4. The monoisotopic (exact) mass is 124 g/mol. The molecule has 0 aliphatic heterocycles. The molecule has 0 aliphatic rings. The summed E-state index contributed by atoms with van der Waals surface area (Å²) in [7, 11) is 0. The molecular formula is C7H10NO. The predicted octanol–water partition coefficient (Wildman–Crippen LogP) is 0.808. The van der Waals surface area contributed by atoms with Crippen LogP contribution in [0.15, 0.2) is 25.3 Å². The molecule has 0 atom stereocenters. The molecule has 2 nitrogen and oxygen atoms in total. The fourth-order valence-electron chi connectivity index (χ4n) is 0.440. The van der Waals surface area contributed by atoms with Crippen LogP contribution in [0.5, 0.6) is 0 Å². The zero-order valence-corrected chi connectivity index (χ0v) is 5.26. The lowest BCUT2D eigenvalue weighted by atomic mass is 10.1. The molecule has 1 amide bonds. The van der Waals surface area contributed by atoms with Crippen molar-refractivity contribution in [2.75, 3.05) is 0 Å². The Hall–Kier alpha value is -1.05. The molecule has 0 heterocycles. The van der Waals surface area contributed by atoms with Gasteiger partial charge in [0.15, 0.2) is 0 Å². The zero-order valence-electron chi connectivity index (χ0n) is 5.26. The highest BCUT2D eigenvalue weighted by Gasteiger charge is 2.07. The van der Waals surface area contributed by atoms with Crippen LogP contribution in [0, 0.1) is 5.92 Å². The summed E-state index contributed by atoms with van der Waals surface area (Å²) in [5.74, 6) is 0.0786. The van der Waals surface area contributed by atoms with E-state index >= 15 is 0 Å². The van der Waals surface area contributed by atoms with Crippen molar-refractivity contribution in [2.24, 2.45) is 5.73 Å². The molecule has 0 saturated heterocycles. The maximum Gasteiger partial charge on any atom is 0.229 e. The average Bonchev–Trinajstić information content (AvgIpc) is 1.82. The maximum absolute atomic E-state index is 10.4.